The first-order valence-electron chi connectivity index (χ1n) is 7.15. The highest BCUT2D eigenvalue weighted by Crippen LogP contribution is 2.17. The van der Waals surface area contributed by atoms with Crippen LogP contribution in [0.5, 0.6) is 0 Å². The molecule has 7 heteroatoms. The lowest BCUT2D eigenvalue weighted by Crippen LogP contribution is -2.28. The Morgan fingerprint density at radius 3 is 2.42 bits per heavy atom. The second-order valence-corrected chi connectivity index (χ2v) is 5.15. The Bertz CT molecular complexity index is 748. The highest BCUT2D eigenvalue weighted by molar-refractivity contribution is 5.96. The highest BCUT2D eigenvalue weighted by atomic mass is 19.1. The first kappa shape index (κ1) is 17.6. The number of rotatable bonds is 5. The quantitative estimate of drug-likeness (QED) is 0.786. The molecule has 2 aromatic carbocycles. The summed E-state index contributed by atoms with van der Waals surface area (Å²) in [7, 11) is 0. The van der Waals surface area contributed by atoms with Gasteiger partial charge in [0.25, 0.3) is 5.91 Å². The van der Waals surface area contributed by atoms with E-state index in [2.05, 4.69) is 10.6 Å². The van der Waals surface area contributed by atoms with Crippen molar-refractivity contribution in [3.8, 4) is 0 Å². The lowest BCUT2D eigenvalue weighted by molar-refractivity contribution is -0.114. The van der Waals surface area contributed by atoms with Gasteiger partial charge in [-0.3, -0.25) is 9.59 Å². The average molecular weight is 334 g/mol. The fourth-order valence-corrected chi connectivity index (χ4v) is 2.05. The molecule has 2 rings (SSSR count). The zero-order valence-corrected chi connectivity index (χ0v) is 12.8. The first-order chi connectivity index (χ1) is 11.4. The van der Waals surface area contributed by atoms with Crippen LogP contribution in [-0.2, 0) is 4.79 Å². The van der Waals surface area contributed by atoms with E-state index < -0.39 is 29.6 Å². The Hall–Kier alpha value is -2.80. The number of amides is 2. The summed E-state index contributed by atoms with van der Waals surface area (Å²) >= 11 is 0. The summed E-state index contributed by atoms with van der Waals surface area (Å²) in [5, 5.41) is 14.8. The third kappa shape index (κ3) is 4.60. The fourth-order valence-electron chi connectivity index (χ4n) is 2.05. The second kappa shape index (κ2) is 7.65. The minimum Gasteiger partial charge on any atom is -0.387 e. The van der Waals surface area contributed by atoms with Crippen molar-refractivity contribution in [1.82, 2.24) is 5.32 Å². The minimum absolute atomic E-state index is 0.0999. The van der Waals surface area contributed by atoms with Crippen LogP contribution in [0, 0.1) is 11.6 Å². The molecule has 0 fully saturated rings. The average Bonchev–Trinajstić information content (AvgIpc) is 2.54. The molecule has 1 atom stereocenters. The number of anilines is 1. The molecule has 0 aliphatic rings. The van der Waals surface area contributed by atoms with Crippen LogP contribution < -0.4 is 10.6 Å². The van der Waals surface area contributed by atoms with Gasteiger partial charge in [0.1, 0.15) is 11.6 Å². The van der Waals surface area contributed by atoms with Crippen molar-refractivity contribution >= 4 is 17.5 Å². The Morgan fingerprint density at radius 2 is 1.79 bits per heavy atom. The van der Waals surface area contributed by atoms with E-state index in [0.717, 1.165) is 6.07 Å². The van der Waals surface area contributed by atoms with Crippen molar-refractivity contribution in [3.63, 3.8) is 0 Å². The topological polar surface area (TPSA) is 78.4 Å². The highest BCUT2D eigenvalue weighted by Gasteiger charge is 2.13. The van der Waals surface area contributed by atoms with E-state index in [4.69, 9.17) is 0 Å². The summed E-state index contributed by atoms with van der Waals surface area (Å²) in [5.74, 6) is -2.08. The molecule has 1 unspecified atom stereocenters. The molecule has 2 aromatic rings. The number of carbonyl (C=O) groups excluding carboxylic acids is 2. The molecule has 5 nitrogen and oxygen atoms in total. The summed E-state index contributed by atoms with van der Waals surface area (Å²) in [6, 6.07) is 8.78. The summed E-state index contributed by atoms with van der Waals surface area (Å²) in [6.45, 7) is 1.13. The standard InChI is InChI=1S/C17H16F2N2O3/c1-10(22)21-15-8-12(4-7-14(15)19)17(24)20-9-16(23)11-2-5-13(18)6-3-11/h2-8,16,23H,9H2,1H3,(H,20,24)(H,21,22). The van der Waals surface area contributed by atoms with Gasteiger partial charge < -0.3 is 15.7 Å². The maximum Gasteiger partial charge on any atom is 0.251 e. The van der Waals surface area contributed by atoms with E-state index in [1.165, 1.54) is 43.3 Å². The van der Waals surface area contributed by atoms with Gasteiger partial charge in [0, 0.05) is 19.0 Å². The van der Waals surface area contributed by atoms with Crippen molar-refractivity contribution in [2.24, 2.45) is 0 Å². The van der Waals surface area contributed by atoms with Crippen LogP contribution in [0.15, 0.2) is 42.5 Å². The van der Waals surface area contributed by atoms with E-state index in [0.29, 0.717) is 5.56 Å². The molecule has 0 bridgehead atoms. The molecular weight excluding hydrogens is 318 g/mol. The first-order valence-corrected chi connectivity index (χ1v) is 7.15. The number of aliphatic hydroxyl groups excluding tert-OH is 1. The Balaban J connectivity index is 2.01. The van der Waals surface area contributed by atoms with Crippen LogP contribution in [0.25, 0.3) is 0 Å². The summed E-state index contributed by atoms with van der Waals surface area (Å²) in [4.78, 5) is 23.1. The monoisotopic (exact) mass is 334 g/mol. The number of hydrogen-bond acceptors (Lipinski definition) is 3. The van der Waals surface area contributed by atoms with E-state index in [-0.39, 0.29) is 17.8 Å². The zero-order valence-electron chi connectivity index (χ0n) is 12.8. The van der Waals surface area contributed by atoms with E-state index in [1.54, 1.807) is 0 Å². The van der Waals surface area contributed by atoms with Crippen molar-refractivity contribution < 1.29 is 23.5 Å². The van der Waals surface area contributed by atoms with Crippen molar-refractivity contribution in [2.45, 2.75) is 13.0 Å². The molecule has 0 radical (unpaired) electrons. The Kier molecular flexibility index (Phi) is 5.59. The van der Waals surface area contributed by atoms with Crippen LogP contribution in [-0.4, -0.2) is 23.5 Å². The zero-order chi connectivity index (χ0) is 17.7. The van der Waals surface area contributed by atoms with Gasteiger partial charge in [-0.15, -0.1) is 0 Å². The lowest BCUT2D eigenvalue weighted by Gasteiger charge is -2.13. The lowest BCUT2D eigenvalue weighted by atomic mass is 10.1. The van der Waals surface area contributed by atoms with Gasteiger partial charge in [-0.2, -0.15) is 0 Å². The minimum atomic E-state index is -1.01. The Labute approximate surface area is 137 Å². The second-order valence-electron chi connectivity index (χ2n) is 5.15. The van der Waals surface area contributed by atoms with E-state index >= 15 is 0 Å². The molecule has 3 N–H and O–H groups in total. The predicted octanol–water partition coefficient (Wildman–Crippen LogP) is 2.39. The van der Waals surface area contributed by atoms with Crippen molar-refractivity contribution in [3.05, 3.63) is 65.2 Å². The molecule has 24 heavy (non-hydrogen) atoms. The van der Waals surface area contributed by atoms with Gasteiger partial charge in [0.2, 0.25) is 5.91 Å². The number of nitrogens with one attached hydrogen (secondary N) is 2. The van der Waals surface area contributed by atoms with Gasteiger partial charge in [0.15, 0.2) is 0 Å². The maximum absolute atomic E-state index is 13.5. The van der Waals surface area contributed by atoms with Crippen LogP contribution >= 0.6 is 0 Å². The van der Waals surface area contributed by atoms with Gasteiger partial charge in [-0.25, -0.2) is 8.78 Å². The smallest absolute Gasteiger partial charge is 0.251 e. The molecule has 0 aliphatic carbocycles. The number of aliphatic hydroxyl groups is 1. The molecule has 0 aliphatic heterocycles. The third-order valence-corrected chi connectivity index (χ3v) is 3.25. The molecule has 0 spiro atoms. The Morgan fingerprint density at radius 1 is 1.12 bits per heavy atom. The SMILES string of the molecule is CC(=O)Nc1cc(C(=O)NCC(O)c2ccc(F)cc2)ccc1F. The predicted molar refractivity (Wildman–Crippen MR) is 84.4 cm³/mol. The molecular formula is C17H16F2N2O3. The van der Waals surface area contributed by atoms with Crippen LogP contribution in [0.3, 0.4) is 0 Å². The van der Waals surface area contributed by atoms with E-state index in [1.807, 2.05) is 0 Å². The molecule has 0 aromatic heterocycles. The van der Waals surface area contributed by atoms with Crippen LogP contribution in [0.1, 0.15) is 28.9 Å². The van der Waals surface area contributed by atoms with Crippen LogP contribution in [0.4, 0.5) is 14.5 Å². The van der Waals surface area contributed by atoms with Crippen LogP contribution in [0.2, 0.25) is 0 Å². The fraction of sp³-hybridized carbons (Fsp3) is 0.176. The number of benzene rings is 2. The van der Waals surface area contributed by atoms with Gasteiger partial charge in [0.05, 0.1) is 11.8 Å². The molecule has 126 valence electrons. The third-order valence-electron chi connectivity index (χ3n) is 3.25. The summed E-state index contributed by atoms with van der Waals surface area (Å²) in [5.41, 5.74) is 0.482. The molecule has 0 heterocycles. The maximum atomic E-state index is 13.5. The largest absolute Gasteiger partial charge is 0.387 e. The summed E-state index contributed by atoms with van der Waals surface area (Å²) in [6.07, 6.45) is -1.01. The van der Waals surface area contributed by atoms with Gasteiger partial charge in [-0.05, 0) is 35.9 Å². The normalized spacial score (nSPS) is 11.7. The van der Waals surface area contributed by atoms with Crippen molar-refractivity contribution in [2.75, 3.05) is 11.9 Å². The molecule has 0 saturated carbocycles. The molecule has 2 amide bonds. The number of carbonyl (C=O) groups is 2. The molecule has 0 saturated heterocycles. The number of hydrogen-bond donors (Lipinski definition) is 3. The number of halogens is 2. The van der Waals surface area contributed by atoms with Gasteiger partial charge in [-0.1, -0.05) is 12.1 Å². The van der Waals surface area contributed by atoms with Crippen molar-refractivity contribution in [1.29, 1.82) is 0 Å². The van der Waals surface area contributed by atoms with E-state index in [9.17, 15) is 23.5 Å². The van der Waals surface area contributed by atoms with Gasteiger partial charge >= 0.3 is 0 Å². The summed E-state index contributed by atoms with van der Waals surface area (Å²) < 4.78 is 26.4.